The van der Waals surface area contributed by atoms with E-state index in [1.165, 1.54) is 11.3 Å². The van der Waals surface area contributed by atoms with Gasteiger partial charge in [-0.25, -0.2) is 4.98 Å². The third-order valence-electron chi connectivity index (χ3n) is 5.18. The highest BCUT2D eigenvalue weighted by molar-refractivity contribution is 7.14. The van der Waals surface area contributed by atoms with Crippen molar-refractivity contribution in [2.24, 2.45) is 11.7 Å². The maximum absolute atomic E-state index is 12.6. The number of rotatable bonds is 5. The lowest BCUT2D eigenvalue weighted by Crippen LogP contribution is -2.41. The molecule has 0 saturated carbocycles. The Hall–Kier alpha value is -3.39. The molecule has 2 amide bonds. The molecule has 4 N–H and O–H groups in total. The van der Waals surface area contributed by atoms with Gasteiger partial charge < -0.3 is 15.7 Å². The van der Waals surface area contributed by atoms with Gasteiger partial charge in [0.25, 0.3) is 5.91 Å². The Balaban J connectivity index is 1.41. The van der Waals surface area contributed by atoms with Crippen molar-refractivity contribution < 1.29 is 14.7 Å². The lowest BCUT2D eigenvalue weighted by atomic mass is 9.97. The van der Waals surface area contributed by atoms with Crippen LogP contribution in [0.4, 0.5) is 10.8 Å². The van der Waals surface area contributed by atoms with E-state index in [-0.39, 0.29) is 23.5 Å². The number of phenols is 1. The highest BCUT2D eigenvalue weighted by atomic mass is 32.1. The summed E-state index contributed by atoms with van der Waals surface area (Å²) >= 11 is 1.33. The minimum atomic E-state index is -0.260. The Kier molecular flexibility index (Phi) is 5.67. The molecule has 2 heterocycles. The van der Waals surface area contributed by atoms with Crippen LogP contribution in [0.15, 0.2) is 53.9 Å². The number of anilines is 2. The van der Waals surface area contributed by atoms with Crippen LogP contribution in [0.25, 0.3) is 11.3 Å². The second-order valence-corrected chi connectivity index (χ2v) is 8.13. The van der Waals surface area contributed by atoms with Crippen molar-refractivity contribution in [1.29, 1.82) is 0 Å². The zero-order valence-corrected chi connectivity index (χ0v) is 17.1. The fraction of sp³-hybridized carbons (Fsp3) is 0.227. The van der Waals surface area contributed by atoms with Gasteiger partial charge in [-0.3, -0.25) is 14.9 Å². The summed E-state index contributed by atoms with van der Waals surface area (Å²) in [5.74, 6) is -0.467. The maximum atomic E-state index is 12.6. The van der Waals surface area contributed by atoms with Crippen LogP contribution >= 0.6 is 11.3 Å². The van der Waals surface area contributed by atoms with E-state index in [9.17, 15) is 14.7 Å². The Labute approximate surface area is 178 Å². The smallest absolute Gasteiger partial charge is 0.257 e. The van der Waals surface area contributed by atoms with Crippen molar-refractivity contribution in [3.8, 4) is 17.0 Å². The van der Waals surface area contributed by atoms with E-state index in [0.717, 1.165) is 30.6 Å². The summed E-state index contributed by atoms with van der Waals surface area (Å²) in [5.41, 5.74) is 8.42. The monoisotopic (exact) mass is 422 g/mol. The number of aromatic nitrogens is 1. The summed E-state index contributed by atoms with van der Waals surface area (Å²) < 4.78 is 0. The second kappa shape index (κ2) is 8.54. The van der Waals surface area contributed by atoms with Gasteiger partial charge in [0, 0.05) is 35.3 Å². The number of phenolic OH excluding ortho intramolecular Hbond substituents is 1. The van der Waals surface area contributed by atoms with Gasteiger partial charge in [0.05, 0.1) is 11.6 Å². The van der Waals surface area contributed by atoms with Gasteiger partial charge >= 0.3 is 0 Å². The summed E-state index contributed by atoms with van der Waals surface area (Å²) in [6.45, 7) is 1.48. The number of nitrogens with two attached hydrogens (primary N) is 1. The number of primary amides is 1. The fourth-order valence-corrected chi connectivity index (χ4v) is 4.28. The number of carbonyl (C=O) groups excluding carboxylic acids is 2. The van der Waals surface area contributed by atoms with Gasteiger partial charge in [0.1, 0.15) is 5.75 Å². The van der Waals surface area contributed by atoms with E-state index in [1.807, 2.05) is 23.6 Å². The number of benzene rings is 2. The van der Waals surface area contributed by atoms with Crippen molar-refractivity contribution in [1.82, 2.24) is 4.98 Å². The van der Waals surface area contributed by atoms with Crippen molar-refractivity contribution in [2.45, 2.75) is 12.8 Å². The van der Waals surface area contributed by atoms with Gasteiger partial charge in [0.15, 0.2) is 5.13 Å². The van der Waals surface area contributed by atoms with Crippen LogP contribution in [0.1, 0.15) is 23.2 Å². The summed E-state index contributed by atoms with van der Waals surface area (Å²) in [6, 6.07) is 14.1. The molecule has 1 atom stereocenters. The summed E-state index contributed by atoms with van der Waals surface area (Å²) in [5, 5.41) is 14.7. The van der Waals surface area contributed by atoms with Crippen LogP contribution in [0.2, 0.25) is 0 Å². The van der Waals surface area contributed by atoms with Gasteiger partial charge in [-0.2, -0.15) is 0 Å². The standard InChI is InChI=1S/C22H22N4O3S/c23-20(28)16-4-2-10-26(12-16)17-8-6-14(7-9-17)21(29)25-22-24-19(13-30-22)15-3-1-5-18(27)11-15/h1,3,5-9,11,13,16,27H,2,4,10,12H2,(H2,23,28)(H,24,25,29). The number of hydrogen-bond donors (Lipinski definition) is 3. The SMILES string of the molecule is NC(=O)C1CCCN(c2ccc(C(=O)Nc3nc(-c4cccc(O)c4)cs3)cc2)C1. The molecule has 3 aromatic rings. The quantitative estimate of drug-likeness (QED) is 0.583. The Bertz CT molecular complexity index is 1060. The Morgan fingerprint density at radius 3 is 2.73 bits per heavy atom. The molecule has 2 aromatic carbocycles. The molecular formula is C22H22N4O3S. The number of aromatic hydroxyl groups is 1. The number of carbonyl (C=O) groups is 2. The van der Waals surface area contributed by atoms with Gasteiger partial charge in [0.2, 0.25) is 5.91 Å². The number of nitrogens with zero attached hydrogens (tertiary/aromatic N) is 2. The molecular weight excluding hydrogens is 400 g/mol. The summed E-state index contributed by atoms with van der Waals surface area (Å²) in [7, 11) is 0. The van der Waals surface area contributed by atoms with Crippen LogP contribution in [0.5, 0.6) is 5.75 Å². The van der Waals surface area contributed by atoms with E-state index in [4.69, 9.17) is 5.73 Å². The molecule has 0 bridgehead atoms. The topological polar surface area (TPSA) is 109 Å². The molecule has 0 aliphatic carbocycles. The van der Waals surface area contributed by atoms with Gasteiger partial charge in [-0.1, -0.05) is 12.1 Å². The molecule has 1 fully saturated rings. The van der Waals surface area contributed by atoms with Crippen molar-refractivity contribution in [3.63, 3.8) is 0 Å². The Morgan fingerprint density at radius 1 is 1.20 bits per heavy atom. The molecule has 0 radical (unpaired) electrons. The molecule has 8 heteroatoms. The number of hydrogen-bond acceptors (Lipinski definition) is 6. The minimum Gasteiger partial charge on any atom is -0.508 e. The first-order valence-electron chi connectivity index (χ1n) is 9.70. The molecule has 4 rings (SSSR count). The predicted molar refractivity (Wildman–Crippen MR) is 118 cm³/mol. The predicted octanol–water partition coefficient (Wildman–Crippen LogP) is 3.47. The zero-order chi connectivity index (χ0) is 21.1. The van der Waals surface area contributed by atoms with Gasteiger partial charge in [-0.05, 0) is 49.2 Å². The van der Waals surface area contributed by atoms with Crippen molar-refractivity contribution in [3.05, 3.63) is 59.5 Å². The molecule has 1 aliphatic rings. The average Bonchev–Trinajstić information content (AvgIpc) is 3.22. The molecule has 1 unspecified atom stereocenters. The zero-order valence-electron chi connectivity index (χ0n) is 16.2. The molecule has 0 spiro atoms. The van der Waals surface area contributed by atoms with E-state index in [1.54, 1.807) is 30.3 Å². The van der Waals surface area contributed by atoms with E-state index in [0.29, 0.717) is 22.9 Å². The Morgan fingerprint density at radius 2 is 2.00 bits per heavy atom. The van der Waals surface area contributed by atoms with Gasteiger partial charge in [-0.15, -0.1) is 11.3 Å². The largest absolute Gasteiger partial charge is 0.508 e. The fourth-order valence-electron chi connectivity index (χ4n) is 3.57. The van der Waals surface area contributed by atoms with Crippen LogP contribution < -0.4 is 16.0 Å². The lowest BCUT2D eigenvalue weighted by Gasteiger charge is -2.33. The van der Waals surface area contributed by atoms with Crippen LogP contribution in [0, 0.1) is 5.92 Å². The molecule has 7 nitrogen and oxygen atoms in total. The molecule has 30 heavy (non-hydrogen) atoms. The van der Waals surface area contributed by atoms with E-state index >= 15 is 0 Å². The van der Waals surface area contributed by atoms with Crippen molar-refractivity contribution in [2.75, 3.05) is 23.3 Å². The number of thiazole rings is 1. The maximum Gasteiger partial charge on any atom is 0.257 e. The normalized spacial score (nSPS) is 16.3. The lowest BCUT2D eigenvalue weighted by molar-refractivity contribution is -0.122. The molecule has 1 aliphatic heterocycles. The first kappa shape index (κ1) is 19.9. The molecule has 154 valence electrons. The number of amides is 2. The third kappa shape index (κ3) is 4.44. The first-order chi connectivity index (χ1) is 14.5. The third-order valence-corrected chi connectivity index (χ3v) is 5.94. The highest BCUT2D eigenvalue weighted by Crippen LogP contribution is 2.28. The summed E-state index contributed by atoms with van der Waals surface area (Å²) in [6.07, 6.45) is 1.74. The number of nitrogens with one attached hydrogen (secondary N) is 1. The molecule has 1 saturated heterocycles. The van der Waals surface area contributed by atoms with Crippen molar-refractivity contribution >= 4 is 34.0 Å². The molecule has 1 aromatic heterocycles. The van der Waals surface area contributed by atoms with E-state index < -0.39 is 0 Å². The highest BCUT2D eigenvalue weighted by Gasteiger charge is 2.24. The van der Waals surface area contributed by atoms with E-state index in [2.05, 4.69) is 15.2 Å². The minimum absolute atomic E-state index is 0.132. The van der Waals surface area contributed by atoms with Crippen LogP contribution in [-0.4, -0.2) is 35.0 Å². The van der Waals surface area contributed by atoms with Crippen LogP contribution in [-0.2, 0) is 4.79 Å². The first-order valence-corrected chi connectivity index (χ1v) is 10.6. The van der Waals surface area contributed by atoms with Crippen LogP contribution in [0.3, 0.4) is 0 Å². The summed E-state index contributed by atoms with van der Waals surface area (Å²) in [4.78, 5) is 30.6. The number of piperidine rings is 1. The second-order valence-electron chi connectivity index (χ2n) is 7.28. The average molecular weight is 423 g/mol.